The first-order valence-electron chi connectivity index (χ1n) is 3.10. The summed E-state index contributed by atoms with van der Waals surface area (Å²) >= 11 is 3.29. The van der Waals surface area contributed by atoms with Crippen LogP contribution in [0.5, 0.6) is 0 Å². The standard InChI is InChI=1S/C6H5BrN4/c7-3-1-4-5(8)10-11-6(4)9-2-3/h1-2,6,8-9H/t6-/m1/s1. The number of hydrogen-bond donors (Lipinski definition) is 2. The third-order valence-electron chi connectivity index (χ3n) is 1.51. The van der Waals surface area contributed by atoms with Crippen LogP contribution in [0, 0.1) is 5.41 Å². The molecule has 0 amide bonds. The Kier molecular flexibility index (Phi) is 1.38. The van der Waals surface area contributed by atoms with Gasteiger partial charge >= 0.3 is 0 Å². The molecule has 2 aliphatic rings. The number of dihydropyridines is 1. The number of allylic oxidation sites excluding steroid dienone is 2. The van der Waals surface area contributed by atoms with Gasteiger partial charge in [-0.2, -0.15) is 5.11 Å². The van der Waals surface area contributed by atoms with Crippen molar-refractivity contribution in [2.75, 3.05) is 0 Å². The van der Waals surface area contributed by atoms with Gasteiger partial charge in [-0.15, -0.1) is 5.11 Å². The van der Waals surface area contributed by atoms with E-state index in [-0.39, 0.29) is 12.0 Å². The average Bonchev–Trinajstić information content (AvgIpc) is 2.33. The smallest absolute Gasteiger partial charge is 0.174 e. The second-order valence-corrected chi connectivity index (χ2v) is 3.18. The van der Waals surface area contributed by atoms with Crippen molar-refractivity contribution < 1.29 is 0 Å². The Labute approximate surface area is 71.7 Å². The molecule has 0 unspecified atom stereocenters. The molecule has 2 aliphatic heterocycles. The molecule has 11 heavy (non-hydrogen) atoms. The van der Waals surface area contributed by atoms with Gasteiger partial charge in [0.15, 0.2) is 12.0 Å². The molecule has 0 radical (unpaired) electrons. The van der Waals surface area contributed by atoms with Gasteiger partial charge in [0.25, 0.3) is 0 Å². The van der Waals surface area contributed by atoms with Crippen molar-refractivity contribution in [3.05, 3.63) is 22.3 Å². The summed E-state index contributed by atoms with van der Waals surface area (Å²) in [6, 6.07) is 0. The van der Waals surface area contributed by atoms with Gasteiger partial charge in [0.2, 0.25) is 0 Å². The zero-order valence-electron chi connectivity index (χ0n) is 5.50. The maximum absolute atomic E-state index is 7.35. The molecule has 0 saturated carbocycles. The molecule has 56 valence electrons. The highest BCUT2D eigenvalue weighted by molar-refractivity contribution is 9.11. The van der Waals surface area contributed by atoms with E-state index in [0.717, 1.165) is 10.1 Å². The summed E-state index contributed by atoms with van der Waals surface area (Å²) in [5.41, 5.74) is 0.819. The fourth-order valence-electron chi connectivity index (χ4n) is 0.984. The van der Waals surface area contributed by atoms with Gasteiger partial charge in [-0.3, -0.25) is 5.41 Å². The number of hydrogen-bond acceptors (Lipinski definition) is 3. The molecule has 0 fully saturated rings. The molecule has 0 spiro atoms. The van der Waals surface area contributed by atoms with E-state index in [0.29, 0.717) is 0 Å². The average molecular weight is 213 g/mol. The van der Waals surface area contributed by atoms with E-state index in [1.807, 2.05) is 6.08 Å². The van der Waals surface area contributed by atoms with E-state index in [1.165, 1.54) is 0 Å². The van der Waals surface area contributed by atoms with E-state index in [9.17, 15) is 0 Å². The molecule has 0 aromatic rings. The van der Waals surface area contributed by atoms with Crippen molar-refractivity contribution in [1.29, 1.82) is 5.41 Å². The molecule has 0 aliphatic carbocycles. The molecule has 0 aromatic carbocycles. The summed E-state index contributed by atoms with van der Waals surface area (Å²) in [4.78, 5) is 0. The van der Waals surface area contributed by atoms with Crippen LogP contribution in [0.4, 0.5) is 0 Å². The molecule has 5 heteroatoms. The molecule has 2 heterocycles. The van der Waals surface area contributed by atoms with Crippen LogP contribution in [-0.2, 0) is 0 Å². The van der Waals surface area contributed by atoms with Crippen molar-refractivity contribution in [3.8, 4) is 0 Å². The van der Waals surface area contributed by atoms with Gasteiger partial charge in [0.05, 0.1) is 0 Å². The lowest BCUT2D eigenvalue weighted by Crippen LogP contribution is -2.26. The number of nitrogens with zero attached hydrogens (tertiary/aromatic N) is 2. The minimum absolute atomic E-state index is 0.135. The normalized spacial score (nSPS) is 27.4. The first-order chi connectivity index (χ1) is 5.27. The van der Waals surface area contributed by atoms with E-state index >= 15 is 0 Å². The highest BCUT2D eigenvalue weighted by atomic mass is 79.9. The minimum Gasteiger partial charge on any atom is -0.364 e. The predicted octanol–water partition coefficient (Wildman–Crippen LogP) is 1.52. The van der Waals surface area contributed by atoms with Gasteiger partial charge < -0.3 is 5.32 Å². The van der Waals surface area contributed by atoms with E-state index in [4.69, 9.17) is 5.41 Å². The highest BCUT2D eigenvalue weighted by Crippen LogP contribution is 2.23. The van der Waals surface area contributed by atoms with Crippen molar-refractivity contribution >= 4 is 21.8 Å². The third kappa shape index (κ3) is 1.01. The number of halogens is 1. The molecule has 1 atom stereocenters. The summed E-state index contributed by atoms with van der Waals surface area (Å²) in [6.07, 6.45) is 3.51. The van der Waals surface area contributed by atoms with Crippen LogP contribution >= 0.6 is 15.9 Å². The Bertz CT molecular complexity index is 302. The largest absolute Gasteiger partial charge is 0.364 e. The van der Waals surface area contributed by atoms with E-state index < -0.39 is 0 Å². The lowest BCUT2D eigenvalue weighted by molar-refractivity contribution is 0.704. The number of fused-ring (bicyclic) bond motifs is 1. The molecule has 0 bridgehead atoms. The van der Waals surface area contributed by atoms with E-state index in [1.54, 1.807) is 6.20 Å². The highest BCUT2D eigenvalue weighted by Gasteiger charge is 2.24. The Morgan fingerprint density at radius 1 is 1.64 bits per heavy atom. The molecule has 2 rings (SSSR count). The molecule has 2 N–H and O–H groups in total. The summed E-state index contributed by atoms with van der Waals surface area (Å²) < 4.78 is 0.917. The van der Waals surface area contributed by atoms with Crippen LogP contribution in [0.15, 0.2) is 32.6 Å². The van der Waals surface area contributed by atoms with Crippen LogP contribution in [0.1, 0.15) is 0 Å². The zero-order chi connectivity index (χ0) is 7.84. The zero-order valence-corrected chi connectivity index (χ0v) is 7.09. The molecule has 4 nitrogen and oxygen atoms in total. The summed E-state index contributed by atoms with van der Waals surface area (Å²) in [5.74, 6) is 0.243. The number of azo groups is 1. The predicted molar refractivity (Wildman–Crippen MR) is 44.6 cm³/mol. The van der Waals surface area contributed by atoms with Gasteiger partial charge in [0, 0.05) is 16.3 Å². The number of rotatable bonds is 0. The maximum atomic E-state index is 7.35. The molecular weight excluding hydrogens is 208 g/mol. The van der Waals surface area contributed by atoms with Crippen LogP contribution in [0.2, 0.25) is 0 Å². The fourth-order valence-corrected chi connectivity index (χ4v) is 1.36. The van der Waals surface area contributed by atoms with Crippen molar-refractivity contribution in [3.63, 3.8) is 0 Å². The van der Waals surface area contributed by atoms with Crippen LogP contribution in [0.25, 0.3) is 0 Å². The second-order valence-electron chi connectivity index (χ2n) is 2.26. The number of amidine groups is 1. The number of nitrogens with one attached hydrogen (secondary N) is 2. The fraction of sp³-hybridized carbons (Fsp3) is 0.167. The van der Waals surface area contributed by atoms with Crippen molar-refractivity contribution in [2.24, 2.45) is 10.2 Å². The summed E-state index contributed by atoms with van der Waals surface area (Å²) in [6.45, 7) is 0. The molecule has 0 aromatic heterocycles. The Morgan fingerprint density at radius 2 is 2.45 bits per heavy atom. The Balaban J connectivity index is 2.39. The summed E-state index contributed by atoms with van der Waals surface area (Å²) in [5, 5.41) is 17.8. The van der Waals surface area contributed by atoms with Crippen molar-refractivity contribution in [1.82, 2.24) is 5.32 Å². The molecular formula is C6H5BrN4. The van der Waals surface area contributed by atoms with Crippen LogP contribution < -0.4 is 5.32 Å². The lowest BCUT2D eigenvalue weighted by atomic mass is 10.1. The van der Waals surface area contributed by atoms with Crippen LogP contribution in [-0.4, -0.2) is 12.0 Å². The monoisotopic (exact) mass is 212 g/mol. The first-order valence-corrected chi connectivity index (χ1v) is 3.90. The minimum atomic E-state index is -0.135. The quantitative estimate of drug-likeness (QED) is 0.629. The topological polar surface area (TPSA) is 60.6 Å². The summed E-state index contributed by atoms with van der Waals surface area (Å²) in [7, 11) is 0. The van der Waals surface area contributed by atoms with E-state index in [2.05, 4.69) is 31.5 Å². The van der Waals surface area contributed by atoms with Crippen molar-refractivity contribution in [2.45, 2.75) is 6.17 Å². The maximum Gasteiger partial charge on any atom is 0.174 e. The van der Waals surface area contributed by atoms with Crippen LogP contribution in [0.3, 0.4) is 0 Å². The van der Waals surface area contributed by atoms with Gasteiger partial charge in [-0.1, -0.05) is 0 Å². The van der Waals surface area contributed by atoms with Gasteiger partial charge in [-0.05, 0) is 22.0 Å². The third-order valence-corrected chi connectivity index (χ3v) is 1.97. The SMILES string of the molecule is N=C1N=N[C@H]2NC=C(Br)C=C12. The van der Waals surface area contributed by atoms with Gasteiger partial charge in [-0.25, -0.2) is 0 Å². The lowest BCUT2D eigenvalue weighted by Gasteiger charge is -2.12. The first kappa shape index (κ1) is 6.72. The van der Waals surface area contributed by atoms with Gasteiger partial charge in [0.1, 0.15) is 0 Å². The Morgan fingerprint density at radius 3 is 3.27 bits per heavy atom. The Hall–Kier alpha value is -0.970. The molecule has 0 saturated heterocycles. The second kappa shape index (κ2) is 2.27.